The van der Waals surface area contributed by atoms with Gasteiger partial charge in [-0.3, -0.25) is 0 Å². The normalized spacial score (nSPS) is 19.8. The first-order chi connectivity index (χ1) is 7.43. The molecular weight excluding hydrogens is 192 g/mol. The quantitative estimate of drug-likeness (QED) is 0.504. The molecule has 0 aliphatic heterocycles. The third kappa shape index (κ3) is 6.88. The SMILES string of the molecule is COCCOCOC1CCCCCCC1. The highest BCUT2D eigenvalue weighted by Gasteiger charge is 2.11. The molecule has 1 rings (SSSR count). The van der Waals surface area contributed by atoms with E-state index < -0.39 is 0 Å². The molecule has 0 unspecified atom stereocenters. The second kappa shape index (κ2) is 9.13. The third-order valence-corrected chi connectivity index (χ3v) is 2.87. The van der Waals surface area contributed by atoms with E-state index in [1.165, 1.54) is 44.9 Å². The summed E-state index contributed by atoms with van der Waals surface area (Å²) in [7, 11) is 1.68. The van der Waals surface area contributed by atoms with Gasteiger partial charge < -0.3 is 14.2 Å². The minimum absolute atomic E-state index is 0.424. The number of methoxy groups -OCH3 is 1. The first-order valence-corrected chi connectivity index (χ1v) is 6.12. The largest absolute Gasteiger partial charge is 0.382 e. The van der Waals surface area contributed by atoms with E-state index in [4.69, 9.17) is 14.2 Å². The second-order valence-electron chi connectivity index (χ2n) is 4.15. The highest BCUT2D eigenvalue weighted by atomic mass is 16.7. The van der Waals surface area contributed by atoms with Gasteiger partial charge in [-0.05, 0) is 12.8 Å². The molecule has 1 aliphatic rings. The van der Waals surface area contributed by atoms with E-state index in [-0.39, 0.29) is 0 Å². The smallest absolute Gasteiger partial charge is 0.147 e. The van der Waals surface area contributed by atoms with Gasteiger partial charge in [-0.1, -0.05) is 32.1 Å². The molecule has 90 valence electrons. The van der Waals surface area contributed by atoms with Crippen LogP contribution in [-0.2, 0) is 14.2 Å². The van der Waals surface area contributed by atoms with Gasteiger partial charge in [-0.25, -0.2) is 0 Å². The average Bonchev–Trinajstić information content (AvgIpc) is 2.20. The molecule has 0 bridgehead atoms. The van der Waals surface area contributed by atoms with Gasteiger partial charge in [0.1, 0.15) is 6.79 Å². The summed E-state index contributed by atoms with van der Waals surface area (Å²) < 4.78 is 15.9. The van der Waals surface area contributed by atoms with Crippen LogP contribution in [0.2, 0.25) is 0 Å². The highest BCUT2D eigenvalue weighted by Crippen LogP contribution is 2.19. The lowest BCUT2D eigenvalue weighted by Crippen LogP contribution is -2.17. The van der Waals surface area contributed by atoms with Crippen LogP contribution in [0.3, 0.4) is 0 Å². The lowest BCUT2D eigenvalue weighted by atomic mass is 9.99. The molecule has 0 aromatic rings. The molecule has 0 amide bonds. The van der Waals surface area contributed by atoms with Crippen LogP contribution in [0.15, 0.2) is 0 Å². The Hall–Kier alpha value is -0.120. The van der Waals surface area contributed by atoms with Gasteiger partial charge in [-0.15, -0.1) is 0 Å². The van der Waals surface area contributed by atoms with E-state index in [9.17, 15) is 0 Å². The van der Waals surface area contributed by atoms with Crippen molar-refractivity contribution in [2.24, 2.45) is 0 Å². The predicted molar refractivity (Wildman–Crippen MR) is 59.9 cm³/mol. The zero-order valence-electron chi connectivity index (χ0n) is 9.87. The van der Waals surface area contributed by atoms with Gasteiger partial charge in [0.25, 0.3) is 0 Å². The highest BCUT2D eigenvalue weighted by molar-refractivity contribution is 4.62. The topological polar surface area (TPSA) is 27.7 Å². The summed E-state index contributed by atoms with van der Waals surface area (Å²) in [6.07, 6.45) is 9.58. The Morgan fingerprint density at radius 1 is 0.933 bits per heavy atom. The van der Waals surface area contributed by atoms with Gasteiger partial charge in [0.2, 0.25) is 0 Å². The molecule has 0 N–H and O–H groups in total. The summed E-state index contributed by atoms with van der Waals surface area (Å²) in [6.45, 7) is 1.70. The second-order valence-corrected chi connectivity index (χ2v) is 4.15. The molecule has 0 saturated heterocycles. The van der Waals surface area contributed by atoms with Crippen LogP contribution in [-0.4, -0.2) is 33.2 Å². The molecule has 0 radical (unpaired) electrons. The van der Waals surface area contributed by atoms with Crippen molar-refractivity contribution in [3.8, 4) is 0 Å². The average molecular weight is 216 g/mol. The van der Waals surface area contributed by atoms with Crippen LogP contribution in [0.25, 0.3) is 0 Å². The molecule has 15 heavy (non-hydrogen) atoms. The molecule has 0 atom stereocenters. The Balaban J connectivity index is 1.97. The van der Waals surface area contributed by atoms with Crippen molar-refractivity contribution in [1.29, 1.82) is 0 Å². The lowest BCUT2D eigenvalue weighted by molar-refractivity contribution is -0.103. The van der Waals surface area contributed by atoms with E-state index in [1.807, 2.05) is 0 Å². The molecule has 0 heterocycles. The van der Waals surface area contributed by atoms with Crippen LogP contribution in [0.5, 0.6) is 0 Å². The Kier molecular flexibility index (Phi) is 7.88. The van der Waals surface area contributed by atoms with Gasteiger partial charge >= 0.3 is 0 Å². The fourth-order valence-corrected chi connectivity index (χ4v) is 1.93. The van der Waals surface area contributed by atoms with Crippen LogP contribution in [0.4, 0.5) is 0 Å². The number of hydrogen-bond acceptors (Lipinski definition) is 3. The minimum Gasteiger partial charge on any atom is -0.382 e. The Labute approximate surface area is 93.1 Å². The molecule has 1 aliphatic carbocycles. The zero-order valence-corrected chi connectivity index (χ0v) is 9.87. The van der Waals surface area contributed by atoms with Crippen molar-refractivity contribution >= 4 is 0 Å². The lowest BCUT2D eigenvalue weighted by Gasteiger charge is -2.20. The van der Waals surface area contributed by atoms with Crippen molar-refractivity contribution < 1.29 is 14.2 Å². The van der Waals surface area contributed by atoms with Crippen molar-refractivity contribution in [3.63, 3.8) is 0 Å². The predicted octanol–water partition coefficient (Wildman–Crippen LogP) is 2.74. The van der Waals surface area contributed by atoms with E-state index in [0.29, 0.717) is 26.1 Å². The molecule has 1 saturated carbocycles. The van der Waals surface area contributed by atoms with E-state index in [2.05, 4.69) is 0 Å². The summed E-state index contributed by atoms with van der Waals surface area (Å²) in [5.74, 6) is 0. The summed E-state index contributed by atoms with van der Waals surface area (Å²) in [6, 6.07) is 0. The molecule has 1 fully saturated rings. The fraction of sp³-hybridized carbons (Fsp3) is 1.00. The van der Waals surface area contributed by atoms with Gasteiger partial charge in [0, 0.05) is 7.11 Å². The Morgan fingerprint density at radius 3 is 2.27 bits per heavy atom. The standard InChI is InChI=1S/C12H24O3/c1-13-9-10-14-11-15-12-7-5-3-2-4-6-8-12/h12H,2-11H2,1H3. The molecule has 3 nitrogen and oxygen atoms in total. The van der Waals surface area contributed by atoms with Crippen LogP contribution < -0.4 is 0 Å². The maximum Gasteiger partial charge on any atom is 0.147 e. The molecule has 3 heteroatoms. The molecule has 0 aromatic heterocycles. The summed E-state index contributed by atoms with van der Waals surface area (Å²) >= 11 is 0. The maximum absolute atomic E-state index is 5.69. The maximum atomic E-state index is 5.69. The van der Waals surface area contributed by atoms with Crippen molar-refractivity contribution in [3.05, 3.63) is 0 Å². The molecule has 0 spiro atoms. The first kappa shape index (κ1) is 12.9. The Morgan fingerprint density at radius 2 is 1.60 bits per heavy atom. The molecule has 0 aromatic carbocycles. The monoisotopic (exact) mass is 216 g/mol. The van der Waals surface area contributed by atoms with Crippen LogP contribution >= 0.6 is 0 Å². The van der Waals surface area contributed by atoms with E-state index in [1.54, 1.807) is 7.11 Å². The summed E-state index contributed by atoms with van der Waals surface area (Å²) in [5.41, 5.74) is 0. The van der Waals surface area contributed by atoms with Crippen molar-refractivity contribution in [2.75, 3.05) is 27.1 Å². The molecular formula is C12H24O3. The number of rotatable bonds is 6. The first-order valence-electron chi connectivity index (χ1n) is 6.12. The Bertz CT molecular complexity index is 131. The third-order valence-electron chi connectivity index (χ3n) is 2.87. The van der Waals surface area contributed by atoms with Gasteiger partial charge in [0.05, 0.1) is 19.3 Å². The summed E-state index contributed by atoms with van der Waals surface area (Å²) in [5, 5.41) is 0. The van der Waals surface area contributed by atoms with Crippen molar-refractivity contribution in [2.45, 2.75) is 51.0 Å². The van der Waals surface area contributed by atoms with Crippen LogP contribution in [0, 0.1) is 0 Å². The minimum atomic E-state index is 0.424. The van der Waals surface area contributed by atoms with Crippen LogP contribution in [0.1, 0.15) is 44.9 Å². The van der Waals surface area contributed by atoms with Gasteiger partial charge in [-0.2, -0.15) is 0 Å². The van der Waals surface area contributed by atoms with Gasteiger partial charge in [0.15, 0.2) is 0 Å². The number of hydrogen-bond donors (Lipinski definition) is 0. The zero-order chi connectivity index (χ0) is 10.8. The van der Waals surface area contributed by atoms with E-state index >= 15 is 0 Å². The summed E-state index contributed by atoms with van der Waals surface area (Å²) in [4.78, 5) is 0. The van der Waals surface area contributed by atoms with Crippen molar-refractivity contribution in [1.82, 2.24) is 0 Å². The fourth-order valence-electron chi connectivity index (χ4n) is 1.93. The van der Waals surface area contributed by atoms with E-state index in [0.717, 1.165) is 0 Å². The number of ether oxygens (including phenoxy) is 3.